The molecule has 4 rings (SSSR count). The summed E-state index contributed by atoms with van der Waals surface area (Å²) in [7, 11) is 3.92. The fourth-order valence-corrected chi connectivity index (χ4v) is 3.07. The lowest BCUT2D eigenvalue weighted by molar-refractivity contribution is 0.102. The number of aryl methyl sites for hydroxylation is 1. The Hall–Kier alpha value is -4.20. The van der Waals surface area contributed by atoms with Crippen molar-refractivity contribution < 1.29 is 9.53 Å². The number of amides is 1. The van der Waals surface area contributed by atoms with Gasteiger partial charge in [-0.25, -0.2) is 4.98 Å². The second-order valence-corrected chi connectivity index (χ2v) is 7.54. The van der Waals surface area contributed by atoms with Crippen molar-refractivity contribution in [2.75, 3.05) is 24.3 Å². The van der Waals surface area contributed by atoms with Crippen LogP contribution in [0.2, 0.25) is 0 Å². The van der Waals surface area contributed by atoms with Gasteiger partial charge in [0.2, 0.25) is 5.88 Å². The molecule has 32 heavy (non-hydrogen) atoms. The molecule has 0 saturated heterocycles. The summed E-state index contributed by atoms with van der Waals surface area (Å²) in [6, 6.07) is 18.1. The molecule has 0 radical (unpaired) electrons. The van der Waals surface area contributed by atoms with Crippen LogP contribution in [-0.2, 0) is 0 Å². The largest absolute Gasteiger partial charge is 0.438 e. The number of ether oxygens (including phenoxy) is 1. The summed E-state index contributed by atoms with van der Waals surface area (Å²) < 4.78 is 7.64. The van der Waals surface area contributed by atoms with E-state index in [9.17, 15) is 4.79 Å². The maximum absolute atomic E-state index is 12.5. The maximum Gasteiger partial charge on any atom is 0.255 e. The van der Waals surface area contributed by atoms with Gasteiger partial charge in [0.25, 0.3) is 5.91 Å². The zero-order chi connectivity index (χ0) is 22.7. The highest BCUT2D eigenvalue weighted by atomic mass is 16.5. The van der Waals surface area contributed by atoms with Crippen LogP contribution in [0, 0.1) is 13.8 Å². The quantitative estimate of drug-likeness (QED) is 0.490. The molecule has 1 N–H and O–H groups in total. The first-order valence-corrected chi connectivity index (χ1v) is 10.1. The van der Waals surface area contributed by atoms with Gasteiger partial charge in [-0.2, -0.15) is 0 Å². The van der Waals surface area contributed by atoms with Crippen molar-refractivity contribution in [1.29, 1.82) is 0 Å². The molecule has 0 saturated carbocycles. The van der Waals surface area contributed by atoms with E-state index in [1.165, 1.54) is 0 Å². The molecule has 162 valence electrons. The highest BCUT2D eigenvalue weighted by Gasteiger charge is 2.09. The minimum atomic E-state index is -0.171. The predicted octanol–water partition coefficient (Wildman–Crippen LogP) is 4.39. The molecule has 0 unspecified atom stereocenters. The van der Waals surface area contributed by atoms with Crippen LogP contribution < -0.4 is 15.0 Å². The van der Waals surface area contributed by atoms with E-state index in [1.807, 2.05) is 55.6 Å². The van der Waals surface area contributed by atoms with Gasteiger partial charge in [-0.15, -0.1) is 10.2 Å². The van der Waals surface area contributed by atoms with Crippen LogP contribution in [0.3, 0.4) is 0 Å². The lowest BCUT2D eigenvalue weighted by Crippen LogP contribution is -2.13. The number of hydrogen-bond donors (Lipinski definition) is 1. The van der Waals surface area contributed by atoms with Gasteiger partial charge < -0.3 is 15.0 Å². The van der Waals surface area contributed by atoms with E-state index in [1.54, 1.807) is 48.8 Å². The average Bonchev–Trinajstić information content (AvgIpc) is 3.14. The van der Waals surface area contributed by atoms with E-state index in [4.69, 9.17) is 4.74 Å². The first kappa shape index (κ1) is 21.0. The number of nitrogens with one attached hydrogen (secondary N) is 1. The summed E-state index contributed by atoms with van der Waals surface area (Å²) >= 11 is 0. The number of nitrogens with zero attached hydrogens (tertiary/aromatic N) is 5. The topological polar surface area (TPSA) is 85.2 Å². The lowest BCUT2D eigenvalue weighted by Gasteiger charge is -2.12. The molecule has 8 heteroatoms. The minimum absolute atomic E-state index is 0.171. The molecule has 2 aromatic heterocycles. The van der Waals surface area contributed by atoms with Crippen LogP contribution in [0.1, 0.15) is 21.7 Å². The van der Waals surface area contributed by atoms with Crippen molar-refractivity contribution in [3.8, 4) is 17.4 Å². The van der Waals surface area contributed by atoms with Crippen molar-refractivity contribution in [2.24, 2.45) is 0 Å². The van der Waals surface area contributed by atoms with Crippen molar-refractivity contribution in [1.82, 2.24) is 19.7 Å². The van der Waals surface area contributed by atoms with Gasteiger partial charge in [-0.1, -0.05) is 0 Å². The fraction of sp³-hybridized carbons (Fsp3) is 0.167. The third-order valence-corrected chi connectivity index (χ3v) is 5.11. The predicted molar refractivity (Wildman–Crippen MR) is 124 cm³/mol. The highest BCUT2D eigenvalue weighted by Crippen LogP contribution is 2.22. The van der Waals surface area contributed by atoms with E-state index in [0.717, 1.165) is 17.1 Å². The molecular formula is C24H24N6O2. The van der Waals surface area contributed by atoms with Crippen LogP contribution in [-0.4, -0.2) is 39.8 Å². The zero-order valence-corrected chi connectivity index (χ0v) is 18.4. The number of anilines is 2. The Labute approximate surface area is 186 Å². The average molecular weight is 428 g/mol. The van der Waals surface area contributed by atoms with Gasteiger partial charge in [0.15, 0.2) is 5.82 Å². The smallest absolute Gasteiger partial charge is 0.255 e. The van der Waals surface area contributed by atoms with E-state index >= 15 is 0 Å². The highest BCUT2D eigenvalue weighted by molar-refractivity contribution is 6.04. The second kappa shape index (κ2) is 8.89. The minimum Gasteiger partial charge on any atom is -0.438 e. The molecule has 1 amide bonds. The standard InChI is InChI=1S/C24H24N6O2/c1-16-17(2)30(15-25-16)22-13-14-23(28-27-22)32-21-11-7-19(8-12-21)26-24(31)18-5-9-20(10-6-18)29(3)4/h5-15H,1-4H3,(H,26,31). The molecule has 0 bridgehead atoms. The van der Waals surface area contributed by atoms with Crippen LogP contribution >= 0.6 is 0 Å². The summed E-state index contributed by atoms with van der Waals surface area (Å²) in [4.78, 5) is 18.7. The molecule has 0 fully saturated rings. The van der Waals surface area contributed by atoms with Crippen molar-refractivity contribution in [3.63, 3.8) is 0 Å². The number of hydrogen-bond acceptors (Lipinski definition) is 6. The molecule has 8 nitrogen and oxygen atoms in total. The molecule has 2 heterocycles. The van der Waals surface area contributed by atoms with E-state index in [0.29, 0.717) is 28.7 Å². The van der Waals surface area contributed by atoms with E-state index in [-0.39, 0.29) is 5.91 Å². The zero-order valence-electron chi connectivity index (χ0n) is 18.4. The number of benzene rings is 2. The van der Waals surface area contributed by atoms with Crippen molar-refractivity contribution in [2.45, 2.75) is 13.8 Å². The molecule has 0 spiro atoms. The molecule has 0 aliphatic carbocycles. The van der Waals surface area contributed by atoms with Gasteiger partial charge in [-0.05, 0) is 68.4 Å². The third kappa shape index (κ3) is 4.59. The number of rotatable bonds is 6. The van der Waals surface area contributed by atoms with Crippen LogP contribution in [0.25, 0.3) is 5.82 Å². The first-order valence-electron chi connectivity index (χ1n) is 10.1. The summed E-state index contributed by atoms with van der Waals surface area (Å²) in [5.41, 5.74) is 4.26. The lowest BCUT2D eigenvalue weighted by atomic mass is 10.2. The molecule has 0 aliphatic heterocycles. The summed E-state index contributed by atoms with van der Waals surface area (Å²) in [5, 5.41) is 11.2. The van der Waals surface area contributed by atoms with Crippen LogP contribution in [0.15, 0.2) is 67.0 Å². The number of aromatic nitrogens is 4. The molecule has 4 aromatic rings. The molecule has 2 aromatic carbocycles. The fourth-order valence-electron chi connectivity index (χ4n) is 3.07. The Kier molecular flexibility index (Phi) is 5.85. The SMILES string of the molecule is Cc1ncn(-c2ccc(Oc3ccc(NC(=O)c4ccc(N(C)C)cc4)cc3)nn2)c1C. The van der Waals surface area contributed by atoms with Crippen LogP contribution in [0.5, 0.6) is 11.6 Å². The summed E-state index contributed by atoms with van der Waals surface area (Å²) in [6.07, 6.45) is 1.72. The first-order chi connectivity index (χ1) is 15.4. The Balaban J connectivity index is 1.38. The number of carbonyl (C=O) groups excluding carboxylic acids is 1. The number of carbonyl (C=O) groups is 1. The monoisotopic (exact) mass is 428 g/mol. The third-order valence-electron chi connectivity index (χ3n) is 5.11. The van der Waals surface area contributed by atoms with Gasteiger partial charge >= 0.3 is 0 Å². The molecular weight excluding hydrogens is 404 g/mol. The summed E-state index contributed by atoms with van der Waals surface area (Å²) in [6.45, 7) is 3.93. The Bertz CT molecular complexity index is 1210. The van der Waals surface area contributed by atoms with Gasteiger partial charge in [0.1, 0.15) is 12.1 Å². The molecule has 0 aliphatic rings. The van der Waals surface area contributed by atoms with Crippen molar-refractivity contribution in [3.05, 3.63) is 83.9 Å². The summed E-state index contributed by atoms with van der Waals surface area (Å²) in [5.74, 6) is 1.47. The Morgan fingerprint density at radius 3 is 2.22 bits per heavy atom. The van der Waals surface area contributed by atoms with Gasteiger partial charge in [0.05, 0.1) is 5.69 Å². The Morgan fingerprint density at radius 2 is 1.66 bits per heavy atom. The van der Waals surface area contributed by atoms with E-state index < -0.39 is 0 Å². The van der Waals surface area contributed by atoms with Gasteiger partial charge in [0, 0.05) is 42.8 Å². The normalized spacial score (nSPS) is 10.6. The second-order valence-electron chi connectivity index (χ2n) is 7.54. The van der Waals surface area contributed by atoms with E-state index in [2.05, 4.69) is 20.5 Å². The Morgan fingerprint density at radius 1 is 0.938 bits per heavy atom. The van der Waals surface area contributed by atoms with Gasteiger partial charge in [-0.3, -0.25) is 9.36 Å². The van der Waals surface area contributed by atoms with Crippen LogP contribution in [0.4, 0.5) is 11.4 Å². The maximum atomic E-state index is 12.5. The van der Waals surface area contributed by atoms with Crippen molar-refractivity contribution >= 4 is 17.3 Å². The molecule has 0 atom stereocenters. The number of imidazole rings is 1.